The Balaban J connectivity index is 2.94. The molecule has 0 radical (unpaired) electrons. The van der Waals surface area contributed by atoms with Crippen molar-refractivity contribution in [3.63, 3.8) is 0 Å². The standard InChI is InChI=1S/C12H22N2O2S3/c1-4-10(9-17-3)14(2)19(15,16)12-6-5-11(18-12)7-8-13/h5-6,10H,4,7-9,13H2,1-3H3. The van der Waals surface area contributed by atoms with Crippen LogP contribution in [0, 0.1) is 0 Å². The zero-order valence-electron chi connectivity index (χ0n) is 11.6. The summed E-state index contributed by atoms with van der Waals surface area (Å²) >= 11 is 2.99. The van der Waals surface area contributed by atoms with Crippen molar-refractivity contribution in [3.05, 3.63) is 17.0 Å². The smallest absolute Gasteiger partial charge is 0.252 e. The monoisotopic (exact) mass is 322 g/mol. The number of hydrogen-bond acceptors (Lipinski definition) is 5. The predicted octanol–water partition coefficient (Wildman–Crippen LogP) is 2.01. The molecule has 1 aromatic rings. The first kappa shape index (κ1) is 17.0. The molecule has 4 nitrogen and oxygen atoms in total. The summed E-state index contributed by atoms with van der Waals surface area (Å²) in [4.78, 5) is 1.02. The van der Waals surface area contributed by atoms with Crippen LogP contribution in [0.3, 0.4) is 0 Å². The molecule has 19 heavy (non-hydrogen) atoms. The third-order valence-corrected chi connectivity index (χ3v) is 7.25. The summed E-state index contributed by atoms with van der Waals surface area (Å²) in [6.07, 6.45) is 3.54. The van der Waals surface area contributed by atoms with Crippen LogP contribution in [0.2, 0.25) is 0 Å². The lowest BCUT2D eigenvalue weighted by Crippen LogP contribution is -2.37. The number of thiophene rings is 1. The Morgan fingerprint density at radius 2 is 2.16 bits per heavy atom. The lowest BCUT2D eigenvalue weighted by molar-refractivity contribution is 0.386. The van der Waals surface area contributed by atoms with Gasteiger partial charge in [0.25, 0.3) is 10.0 Å². The number of rotatable bonds is 8. The van der Waals surface area contributed by atoms with Gasteiger partial charge in [-0.3, -0.25) is 0 Å². The molecule has 1 aromatic heterocycles. The SMILES string of the molecule is CCC(CSC)N(C)S(=O)(=O)c1ccc(CCN)s1. The van der Waals surface area contributed by atoms with Gasteiger partial charge in [-0.25, -0.2) is 8.42 Å². The van der Waals surface area contributed by atoms with E-state index in [-0.39, 0.29) is 6.04 Å². The molecule has 0 amide bonds. The third kappa shape index (κ3) is 4.19. The van der Waals surface area contributed by atoms with E-state index in [1.165, 1.54) is 15.6 Å². The lowest BCUT2D eigenvalue weighted by Gasteiger charge is -2.25. The minimum Gasteiger partial charge on any atom is -0.330 e. The second-order valence-electron chi connectivity index (χ2n) is 4.30. The maximum Gasteiger partial charge on any atom is 0.252 e. The van der Waals surface area contributed by atoms with Crippen LogP contribution < -0.4 is 5.73 Å². The highest BCUT2D eigenvalue weighted by atomic mass is 32.2. The van der Waals surface area contributed by atoms with Crippen LogP contribution in [0.15, 0.2) is 16.3 Å². The summed E-state index contributed by atoms with van der Waals surface area (Å²) in [7, 11) is -1.70. The molecule has 0 fully saturated rings. The molecule has 110 valence electrons. The van der Waals surface area contributed by atoms with Crippen LogP contribution in [-0.4, -0.2) is 44.4 Å². The van der Waals surface area contributed by atoms with Gasteiger partial charge in [0, 0.05) is 23.7 Å². The highest BCUT2D eigenvalue weighted by molar-refractivity contribution is 7.98. The van der Waals surface area contributed by atoms with Crippen molar-refractivity contribution in [2.75, 3.05) is 25.6 Å². The Morgan fingerprint density at radius 3 is 2.68 bits per heavy atom. The molecule has 0 bridgehead atoms. The van der Waals surface area contributed by atoms with Crippen LogP contribution in [0.4, 0.5) is 0 Å². The first-order chi connectivity index (χ1) is 8.97. The summed E-state index contributed by atoms with van der Waals surface area (Å²) in [5.74, 6) is 0.813. The van der Waals surface area contributed by atoms with E-state index < -0.39 is 10.0 Å². The van der Waals surface area contributed by atoms with Gasteiger partial charge in [0.2, 0.25) is 0 Å². The van der Waals surface area contributed by atoms with Gasteiger partial charge in [-0.05, 0) is 37.8 Å². The zero-order valence-corrected chi connectivity index (χ0v) is 14.1. The van der Waals surface area contributed by atoms with Crippen molar-refractivity contribution in [2.45, 2.75) is 30.0 Å². The van der Waals surface area contributed by atoms with Gasteiger partial charge in [0.1, 0.15) is 4.21 Å². The minimum atomic E-state index is -3.37. The van der Waals surface area contributed by atoms with E-state index in [0.717, 1.165) is 23.5 Å². The predicted molar refractivity (Wildman–Crippen MR) is 84.5 cm³/mol. The summed E-state index contributed by atoms with van der Waals surface area (Å²) in [6.45, 7) is 2.56. The maximum absolute atomic E-state index is 12.5. The maximum atomic E-state index is 12.5. The van der Waals surface area contributed by atoms with Crippen molar-refractivity contribution in [2.24, 2.45) is 5.73 Å². The molecular formula is C12H22N2O2S3. The molecule has 0 saturated heterocycles. The second-order valence-corrected chi connectivity index (χ2v) is 8.60. The third-order valence-electron chi connectivity index (χ3n) is 3.01. The van der Waals surface area contributed by atoms with E-state index >= 15 is 0 Å². The first-order valence-electron chi connectivity index (χ1n) is 6.23. The van der Waals surface area contributed by atoms with E-state index in [1.54, 1.807) is 24.9 Å². The van der Waals surface area contributed by atoms with Gasteiger partial charge in [-0.15, -0.1) is 11.3 Å². The number of hydrogen-bond donors (Lipinski definition) is 1. The minimum absolute atomic E-state index is 0.0417. The molecule has 1 unspecified atom stereocenters. The highest BCUT2D eigenvalue weighted by Gasteiger charge is 2.27. The average molecular weight is 323 g/mol. The summed E-state index contributed by atoms with van der Waals surface area (Å²) in [6, 6.07) is 3.58. The Bertz CT molecular complexity index is 485. The van der Waals surface area contributed by atoms with Crippen LogP contribution in [0.25, 0.3) is 0 Å². The van der Waals surface area contributed by atoms with Crippen molar-refractivity contribution in [1.82, 2.24) is 4.31 Å². The first-order valence-corrected chi connectivity index (χ1v) is 9.88. The summed E-state index contributed by atoms with van der Waals surface area (Å²) in [5.41, 5.74) is 5.49. The molecule has 7 heteroatoms. The Hall–Kier alpha value is -0.0800. The molecule has 1 heterocycles. The summed E-state index contributed by atoms with van der Waals surface area (Å²) < 4.78 is 27.0. The molecule has 0 aromatic carbocycles. The van der Waals surface area contributed by atoms with Crippen molar-refractivity contribution >= 4 is 33.1 Å². The van der Waals surface area contributed by atoms with Gasteiger partial charge in [-0.2, -0.15) is 16.1 Å². The van der Waals surface area contributed by atoms with Crippen LogP contribution in [0.1, 0.15) is 18.2 Å². The van der Waals surface area contributed by atoms with Crippen LogP contribution in [-0.2, 0) is 16.4 Å². The topological polar surface area (TPSA) is 63.4 Å². The highest BCUT2D eigenvalue weighted by Crippen LogP contribution is 2.26. The molecule has 0 saturated carbocycles. The number of thioether (sulfide) groups is 1. The fraction of sp³-hybridized carbons (Fsp3) is 0.667. The van der Waals surface area contributed by atoms with E-state index in [4.69, 9.17) is 5.73 Å². The molecule has 2 N–H and O–H groups in total. The molecule has 0 spiro atoms. The van der Waals surface area contributed by atoms with Crippen LogP contribution in [0.5, 0.6) is 0 Å². The van der Waals surface area contributed by atoms with Crippen molar-refractivity contribution in [3.8, 4) is 0 Å². The Labute approximate surface area is 124 Å². The van der Waals surface area contributed by atoms with E-state index in [0.29, 0.717) is 10.8 Å². The lowest BCUT2D eigenvalue weighted by atomic mass is 10.3. The Morgan fingerprint density at radius 1 is 1.47 bits per heavy atom. The Kier molecular flexibility index (Phi) is 6.82. The molecular weight excluding hydrogens is 300 g/mol. The number of sulfonamides is 1. The summed E-state index contributed by atoms with van der Waals surface area (Å²) in [5, 5.41) is 0. The van der Waals surface area contributed by atoms with Gasteiger partial charge in [-0.1, -0.05) is 6.92 Å². The largest absolute Gasteiger partial charge is 0.330 e. The quantitative estimate of drug-likeness (QED) is 0.795. The van der Waals surface area contributed by atoms with Crippen molar-refractivity contribution in [1.29, 1.82) is 0 Å². The molecule has 1 rings (SSSR count). The second kappa shape index (κ2) is 7.64. The van der Waals surface area contributed by atoms with Gasteiger partial charge in [0.05, 0.1) is 0 Å². The number of nitrogens with zero attached hydrogens (tertiary/aromatic N) is 1. The van der Waals surface area contributed by atoms with E-state index in [2.05, 4.69) is 0 Å². The fourth-order valence-electron chi connectivity index (χ4n) is 1.78. The normalized spacial score (nSPS) is 13.9. The van der Waals surface area contributed by atoms with Gasteiger partial charge in [0.15, 0.2) is 0 Å². The number of nitrogens with two attached hydrogens (primary N) is 1. The van der Waals surface area contributed by atoms with Gasteiger partial charge >= 0.3 is 0 Å². The fourth-order valence-corrected chi connectivity index (χ4v) is 5.71. The average Bonchev–Trinajstić information content (AvgIpc) is 2.85. The molecule has 0 aliphatic heterocycles. The zero-order chi connectivity index (χ0) is 14.5. The van der Waals surface area contributed by atoms with Crippen LogP contribution >= 0.6 is 23.1 Å². The molecule has 0 aliphatic carbocycles. The van der Waals surface area contributed by atoms with E-state index in [9.17, 15) is 8.42 Å². The van der Waals surface area contributed by atoms with Gasteiger partial charge < -0.3 is 5.73 Å². The van der Waals surface area contributed by atoms with Crippen molar-refractivity contribution < 1.29 is 8.42 Å². The molecule has 0 aliphatic rings. The van der Waals surface area contributed by atoms with E-state index in [1.807, 2.05) is 19.2 Å². The molecule has 1 atom stereocenters.